The Bertz CT molecular complexity index is 1330. The summed E-state index contributed by atoms with van der Waals surface area (Å²) in [4.78, 5) is 25.4. The van der Waals surface area contributed by atoms with Gasteiger partial charge in [0.15, 0.2) is 0 Å². The summed E-state index contributed by atoms with van der Waals surface area (Å²) in [6.07, 6.45) is 6.81. The van der Waals surface area contributed by atoms with E-state index in [1.807, 2.05) is 62.6 Å². The number of ether oxygens (including phenoxy) is 1. The maximum atomic E-state index is 12.0. The van der Waals surface area contributed by atoms with Crippen molar-refractivity contribution < 1.29 is 9.53 Å². The first-order chi connectivity index (χ1) is 15.5. The summed E-state index contributed by atoms with van der Waals surface area (Å²) in [5, 5.41) is 4.98. The summed E-state index contributed by atoms with van der Waals surface area (Å²) in [5.74, 6) is 1.89. The highest BCUT2D eigenvalue weighted by Crippen LogP contribution is 2.48. The topological polar surface area (TPSA) is 103 Å². The second-order valence-corrected chi connectivity index (χ2v) is 8.09. The van der Waals surface area contributed by atoms with E-state index in [2.05, 4.69) is 20.3 Å². The molecule has 1 aromatic carbocycles. The monoisotopic (exact) mass is 425 g/mol. The lowest BCUT2D eigenvalue weighted by atomic mass is 9.95. The Morgan fingerprint density at radius 2 is 1.78 bits per heavy atom. The predicted octanol–water partition coefficient (Wildman–Crippen LogP) is 4.35. The standard InChI is InChI=1S/C25H23N5O2/c1-15-11-18(7-10-28-15)32-17-5-3-16(4-6-17)20-13-30-23(27-2)21-14-29-22(12-19(20)21)25(8-9-25)24(26)31/h3-7,10-14H,8-9H2,1-2H3,(H2,26,31)(H,27,30). The van der Waals surface area contributed by atoms with Crippen LogP contribution in [0.15, 0.2) is 61.1 Å². The minimum atomic E-state index is -0.644. The lowest BCUT2D eigenvalue weighted by Crippen LogP contribution is -2.29. The Morgan fingerprint density at radius 1 is 1.00 bits per heavy atom. The number of aromatic nitrogens is 3. The van der Waals surface area contributed by atoms with Gasteiger partial charge < -0.3 is 15.8 Å². The van der Waals surface area contributed by atoms with Crippen LogP contribution in [0.5, 0.6) is 11.5 Å². The largest absolute Gasteiger partial charge is 0.457 e. The number of pyridine rings is 3. The molecular weight excluding hydrogens is 402 g/mol. The molecule has 0 unspecified atom stereocenters. The molecule has 0 spiro atoms. The zero-order valence-corrected chi connectivity index (χ0v) is 17.9. The summed E-state index contributed by atoms with van der Waals surface area (Å²) in [6.45, 7) is 1.93. The number of anilines is 1. The molecule has 0 bridgehead atoms. The first kappa shape index (κ1) is 19.9. The van der Waals surface area contributed by atoms with Gasteiger partial charge in [0.05, 0.1) is 11.1 Å². The Hall–Kier alpha value is -4.00. The molecule has 1 fully saturated rings. The van der Waals surface area contributed by atoms with Crippen LogP contribution in [0.1, 0.15) is 24.2 Å². The second kappa shape index (κ2) is 7.60. The highest BCUT2D eigenvalue weighted by molar-refractivity contribution is 6.02. The van der Waals surface area contributed by atoms with Crippen LogP contribution < -0.4 is 15.8 Å². The number of amides is 1. The van der Waals surface area contributed by atoms with Crippen molar-refractivity contribution in [1.29, 1.82) is 0 Å². The molecule has 0 aliphatic heterocycles. The van der Waals surface area contributed by atoms with Gasteiger partial charge in [-0.05, 0) is 55.0 Å². The van der Waals surface area contributed by atoms with Crippen molar-refractivity contribution in [3.63, 3.8) is 0 Å². The van der Waals surface area contributed by atoms with E-state index in [0.717, 1.165) is 63.4 Å². The van der Waals surface area contributed by atoms with Gasteiger partial charge >= 0.3 is 0 Å². The van der Waals surface area contributed by atoms with Crippen molar-refractivity contribution >= 4 is 22.5 Å². The Kier molecular flexibility index (Phi) is 4.74. The smallest absolute Gasteiger partial charge is 0.229 e. The number of carbonyl (C=O) groups is 1. The van der Waals surface area contributed by atoms with Crippen LogP contribution in [-0.2, 0) is 10.2 Å². The van der Waals surface area contributed by atoms with Crippen LogP contribution in [0.3, 0.4) is 0 Å². The van der Waals surface area contributed by atoms with E-state index < -0.39 is 5.41 Å². The lowest BCUT2D eigenvalue weighted by molar-refractivity contribution is -0.120. The number of hydrogen-bond acceptors (Lipinski definition) is 6. The Morgan fingerprint density at radius 3 is 2.44 bits per heavy atom. The third-order valence-electron chi connectivity index (χ3n) is 5.99. The molecule has 5 rings (SSSR count). The summed E-state index contributed by atoms with van der Waals surface area (Å²) < 4.78 is 5.95. The van der Waals surface area contributed by atoms with Crippen molar-refractivity contribution in [1.82, 2.24) is 15.0 Å². The quantitative estimate of drug-likeness (QED) is 0.476. The van der Waals surface area contributed by atoms with Crippen LogP contribution in [0, 0.1) is 6.92 Å². The zero-order valence-electron chi connectivity index (χ0n) is 17.9. The van der Waals surface area contributed by atoms with E-state index in [0.29, 0.717) is 0 Å². The minimum Gasteiger partial charge on any atom is -0.457 e. The SMILES string of the molecule is CNc1ncc(-c2ccc(Oc3ccnc(C)c3)cc2)c2cc(C3(C(N)=O)CC3)ncc12. The molecule has 1 amide bonds. The van der Waals surface area contributed by atoms with Gasteiger partial charge in [0, 0.05) is 48.3 Å². The summed E-state index contributed by atoms with van der Waals surface area (Å²) in [5.41, 5.74) is 8.60. The highest BCUT2D eigenvalue weighted by atomic mass is 16.5. The molecule has 0 atom stereocenters. The van der Waals surface area contributed by atoms with Crippen LogP contribution in [-0.4, -0.2) is 27.9 Å². The van der Waals surface area contributed by atoms with Gasteiger partial charge in [-0.1, -0.05) is 12.1 Å². The normalized spacial score (nSPS) is 14.2. The highest BCUT2D eigenvalue weighted by Gasteiger charge is 2.51. The van der Waals surface area contributed by atoms with Gasteiger partial charge in [-0.25, -0.2) is 4.98 Å². The van der Waals surface area contributed by atoms with Crippen molar-refractivity contribution in [3.8, 4) is 22.6 Å². The molecule has 1 saturated carbocycles. The number of carbonyl (C=O) groups excluding carboxylic acids is 1. The van der Waals surface area contributed by atoms with Crippen LogP contribution in [0.2, 0.25) is 0 Å². The van der Waals surface area contributed by atoms with Gasteiger partial charge in [0.25, 0.3) is 0 Å². The van der Waals surface area contributed by atoms with Crippen molar-refractivity contribution in [2.75, 3.05) is 12.4 Å². The molecule has 1 aliphatic rings. The minimum absolute atomic E-state index is 0.318. The van der Waals surface area contributed by atoms with Crippen LogP contribution >= 0.6 is 0 Å². The fourth-order valence-electron chi connectivity index (χ4n) is 4.00. The molecule has 7 nitrogen and oxygen atoms in total. The van der Waals surface area contributed by atoms with E-state index >= 15 is 0 Å². The van der Waals surface area contributed by atoms with Crippen molar-refractivity contribution in [2.45, 2.75) is 25.2 Å². The van der Waals surface area contributed by atoms with E-state index in [-0.39, 0.29) is 5.91 Å². The summed E-state index contributed by atoms with van der Waals surface area (Å²) in [6, 6.07) is 13.6. The molecular formula is C25H23N5O2. The van der Waals surface area contributed by atoms with Crippen molar-refractivity contribution in [2.24, 2.45) is 5.73 Å². The maximum absolute atomic E-state index is 12.0. The number of hydrogen-bond donors (Lipinski definition) is 2. The number of rotatable bonds is 6. The third-order valence-corrected chi connectivity index (χ3v) is 5.99. The van der Waals surface area contributed by atoms with Gasteiger partial charge in [-0.15, -0.1) is 0 Å². The summed E-state index contributed by atoms with van der Waals surface area (Å²) >= 11 is 0. The van der Waals surface area contributed by atoms with Crippen LogP contribution in [0.4, 0.5) is 5.82 Å². The average molecular weight is 425 g/mol. The molecule has 3 N–H and O–H groups in total. The number of nitrogens with two attached hydrogens (primary N) is 1. The average Bonchev–Trinajstić information content (AvgIpc) is 3.61. The van der Waals surface area contributed by atoms with Gasteiger partial charge in [-0.3, -0.25) is 14.8 Å². The fourth-order valence-corrected chi connectivity index (χ4v) is 4.00. The lowest BCUT2D eigenvalue weighted by Gasteiger charge is -2.15. The second-order valence-electron chi connectivity index (χ2n) is 8.09. The van der Waals surface area contributed by atoms with Gasteiger partial charge in [0.1, 0.15) is 17.3 Å². The molecule has 160 valence electrons. The molecule has 3 heterocycles. The summed E-state index contributed by atoms with van der Waals surface area (Å²) in [7, 11) is 1.83. The van der Waals surface area contributed by atoms with E-state index in [1.54, 1.807) is 12.4 Å². The number of benzene rings is 1. The molecule has 0 radical (unpaired) electrons. The molecule has 0 saturated heterocycles. The molecule has 4 aromatic rings. The third kappa shape index (κ3) is 3.41. The van der Waals surface area contributed by atoms with Crippen LogP contribution in [0.25, 0.3) is 21.9 Å². The Balaban J connectivity index is 1.55. The molecule has 7 heteroatoms. The number of aryl methyl sites for hydroxylation is 1. The number of primary amides is 1. The van der Waals surface area contributed by atoms with E-state index in [9.17, 15) is 4.79 Å². The van der Waals surface area contributed by atoms with Gasteiger partial charge in [-0.2, -0.15) is 0 Å². The first-order valence-electron chi connectivity index (χ1n) is 10.5. The number of nitrogens with one attached hydrogen (secondary N) is 1. The first-order valence-corrected chi connectivity index (χ1v) is 10.5. The van der Waals surface area contributed by atoms with E-state index in [4.69, 9.17) is 10.5 Å². The number of nitrogens with zero attached hydrogens (tertiary/aromatic N) is 3. The predicted molar refractivity (Wildman–Crippen MR) is 124 cm³/mol. The molecule has 3 aromatic heterocycles. The van der Waals surface area contributed by atoms with Crippen molar-refractivity contribution in [3.05, 3.63) is 72.4 Å². The van der Waals surface area contributed by atoms with E-state index in [1.165, 1.54) is 0 Å². The molecule has 1 aliphatic carbocycles. The fraction of sp³-hybridized carbons (Fsp3) is 0.200. The number of fused-ring (bicyclic) bond motifs is 1. The Labute approximate surface area is 185 Å². The molecule has 32 heavy (non-hydrogen) atoms. The maximum Gasteiger partial charge on any atom is 0.229 e. The van der Waals surface area contributed by atoms with Gasteiger partial charge in [0.2, 0.25) is 5.91 Å². The zero-order chi connectivity index (χ0) is 22.3.